The highest BCUT2D eigenvalue weighted by Gasteiger charge is 2.34. The summed E-state index contributed by atoms with van der Waals surface area (Å²) in [6.45, 7) is 7.55. The van der Waals surface area contributed by atoms with Gasteiger partial charge in [0.2, 0.25) is 0 Å². The highest BCUT2D eigenvalue weighted by molar-refractivity contribution is 5.68. The molecule has 4 heteroatoms. The van der Waals surface area contributed by atoms with Crippen molar-refractivity contribution in [1.29, 1.82) is 0 Å². The molecule has 1 amide bonds. The Morgan fingerprint density at radius 3 is 2.59 bits per heavy atom. The van der Waals surface area contributed by atoms with Crippen molar-refractivity contribution < 1.29 is 9.53 Å². The molecule has 22 heavy (non-hydrogen) atoms. The largest absolute Gasteiger partial charge is 0.444 e. The quantitative estimate of drug-likeness (QED) is 0.933. The van der Waals surface area contributed by atoms with Crippen LogP contribution in [0.15, 0.2) is 36.4 Å². The number of hydrogen-bond acceptors (Lipinski definition) is 3. The van der Waals surface area contributed by atoms with Crippen LogP contribution in [0.5, 0.6) is 0 Å². The van der Waals surface area contributed by atoms with Gasteiger partial charge in [-0.2, -0.15) is 0 Å². The van der Waals surface area contributed by atoms with Gasteiger partial charge in [-0.15, -0.1) is 0 Å². The predicted molar refractivity (Wildman–Crippen MR) is 89.3 cm³/mol. The van der Waals surface area contributed by atoms with E-state index in [-0.39, 0.29) is 17.9 Å². The fourth-order valence-electron chi connectivity index (χ4n) is 2.64. The van der Waals surface area contributed by atoms with Crippen LogP contribution < -0.4 is 5.73 Å². The number of benzene rings is 1. The van der Waals surface area contributed by atoms with E-state index in [0.29, 0.717) is 19.6 Å². The Bertz CT molecular complexity index is 520. The van der Waals surface area contributed by atoms with Crippen molar-refractivity contribution in [2.75, 3.05) is 19.6 Å². The molecule has 120 valence electrons. The van der Waals surface area contributed by atoms with Crippen molar-refractivity contribution in [3.63, 3.8) is 0 Å². The summed E-state index contributed by atoms with van der Waals surface area (Å²) in [6.07, 6.45) is 4.02. The second-order valence-electron chi connectivity index (χ2n) is 6.81. The number of carbonyl (C=O) groups is 1. The molecule has 1 fully saturated rings. The van der Waals surface area contributed by atoms with E-state index in [1.54, 1.807) is 4.90 Å². The Labute approximate surface area is 132 Å². The smallest absolute Gasteiger partial charge is 0.410 e. The first-order valence-corrected chi connectivity index (χ1v) is 7.80. The van der Waals surface area contributed by atoms with E-state index in [1.807, 2.05) is 39.0 Å². The summed E-state index contributed by atoms with van der Waals surface area (Å²) in [4.78, 5) is 13.9. The zero-order chi connectivity index (χ0) is 16.2. The summed E-state index contributed by atoms with van der Waals surface area (Å²) in [6, 6.07) is 10.2. The molecule has 4 nitrogen and oxygen atoms in total. The highest BCUT2D eigenvalue weighted by Crippen LogP contribution is 2.26. The van der Waals surface area contributed by atoms with E-state index in [2.05, 4.69) is 24.3 Å². The molecular formula is C18H26N2O2. The number of nitrogens with two attached hydrogens (primary N) is 1. The topological polar surface area (TPSA) is 55.6 Å². The molecule has 0 aliphatic carbocycles. The molecule has 0 spiro atoms. The van der Waals surface area contributed by atoms with Gasteiger partial charge in [0.15, 0.2) is 0 Å². The molecule has 1 aliphatic heterocycles. The summed E-state index contributed by atoms with van der Waals surface area (Å²) in [5, 5.41) is 0. The summed E-state index contributed by atoms with van der Waals surface area (Å²) in [5.41, 5.74) is 6.57. The number of carbonyl (C=O) groups excluding carboxylic acids is 1. The lowest BCUT2D eigenvalue weighted by Crippen LogP contribution is -2.35. The van der Waals surface area contributed by atoms with E-state index in [1.165, 1.54) is 0 Å². The first-order valence-electron chi connectivity index (χ1n) is 7.80. The second-order valence-corrected chi connectivity index (χ2v) is 6.81. The van der Waals surface area contributed by atoms with Crippen LogP contribution >= 0.6 is 0 Å². The lowest BCUT2D eigenvalue weighted by molar-refractivity contribution is 0.0286. The maximum atomic E-state index is 12.2. The fourth-order valence-corrected chi connectivity index (χ4v) is 2.64. The molecular weight excluding hydrogens is 276 g/mol. The van der Waals surface area contributed by atoms with Gasteiger partial charge in [0.1, 0.15) is 5.60 Å². The van der Waals surface area contributed by atoms with Crippen molar-refractivity contribution >= 4 is 12.2 Å². The van der Waals surface area contributed by atoms with Crippen LogP contribution in [0.3, 0.4) is 0 Å². The molecule has 0 radical (unpaired) electrons. The maximum Gasteiger partial charge on any atom is 0.410 e. The summed E-state index contributed by atoms with van der Waals surface area (Å²) in [5.74, 6) is 0.560. The van der Waals surface area contributed by atoms with Gasteiger partial charge in [-0.1, -0.05) is 42.5 Å². The molecule has 0 bridgehead atoms. The van der Waals surface area contributed by atoms with E-state index >= 15 is 0 Å². The number of amides is 1. The van der Waals surface area contributed by atoms with E-state index < -0.39 is 5.60 Å². The van der Waals surface area contributed by atoms with Gasteiger partial charge in [0.25, 0.3) is 0 Å². The lowest BCUT2D eigenvalue weighted by Gasteiger charge is -2.24. The van der Waals surface area contributed by atoms with Gasteiger partial charge in [-0.3, -0.25) is 0 Å². The molecule has 2 N–H and O–H groups in total. The normalized spacial score (nSPS) is 22.3. The minimum atomic E-state index is -0.465. The van der Waals surface area contributed by atoms with E-state index in [4.69, 9.17) is 10.5 Å². The Kier molecular flexibility index (Phi) is 5.24. The van der Waals surface area contributed by atoms with Crippen LogP contribution in [-0.2, 0) is 4.74 Å². The standard InChI is InChI=1S/C18H26N2O2/c1-18(2,3)22-17(21)20-12-15(16(11-19)13-20)10-9-14-7-5-4-6-8-14/h4-10,15-16H,11-13,19H2,1-3H3/t15-,16-/m0/s1. The van der Waals surface area contributed by atoms with Crippen molar-refractivity contribution in [3.8, 4) is 0 Å². The number of likely N-dealkylation sites (tertiary alicyclic amines) is 1. The average Bonchev–Trinajstić information content (AvgIpc) is 2.88. The number of nitrogens with zero attached hydrogens (tertiary/aromatic N) is 1. The van der Waals surface area contributed by atoms with Crippen molar-refractivity contribution in [2.24, 2.45) is 17.6 Å². The lowest BCUT2D eigenvalue weighted by atomic mass is 9.95. The number of rotatable bonds is 3. The van der Waals surface area contributed by atoms with Crippen LogP contribution in [0.2, 0.25) is 0 Å². The zero-order valence-corrected chi connectivity index (χ0v) is 13.7. The van der Waals surface area contributed by atoms with Crippen molar-refractivity contribution in [1.82, 2.24) is 4.90 Å². The molecule has 1 saturated heterocycles. The van der Waals surface area contributed by atoms with Crippen LogP contribution in [0.25, 0.3) is 6.08 Å². The molecule has 2 rings (SSSR count). The second kappa shape index (κ2) is 6.97. The van der Waals surface area contributed by atoms with E-state index in [0.717, 1.165) is 5.56 Å². The van der Waals surface area contributed by atoms with Gasteiger partial charge in [0.05, 0.1) is 0 Å². The van der Waals surface area contributed by atoms with Gasteiger partial charge in [0, 0.05) is 19.0 Å². The number of hydrogen-bond donors (Lipinski definition) is 1. The maximum absolute atomic E-state index is 12.2. The SMILES string of the molecule is CC(C)(C)OC(=O)N1C[C@H](CN)[C@@H](C=Cc2ccccc2)C1. The third-order valence-corrected chi connectivity index (χ3v) is 3.78. The average molecular weight is 302 g/mol. The minimum absolute atomic E-state index is 0.249. The molecule has 1 aromatic carbocycles. The third kappa shape index (κ3) is 4.60. The highest BCUT2D eigenvalue weighted by atomic mass is 16.6. The summed E-state index contributed by atoms with van der Waals surface area (Å²) >= 11 is 0. The first-order chi connectivity index (χ1) is 10.4. The van der Waals surface area contributed by atoms with Crippen molar-refractivity contribution in [3.05, 3.63) is 42.0 Å². The van der Waals surface area contributed by atoms with Crippen LogP contribution in [0.1, 0.15) is 26.3 Å². The fraction of sp³-hybridized carbons (Fsp3) is 0.500. The van der Waals surface area contributed by atoms with Crippen LogP contribution in [-0.4, -0.2) is 36.2 Å². The Balaban J connectivity index is 2.00. The molecule has 0 unspecified atom stereocenters. The molecule has 2 atom stereocenters. The summed E-state index contributed by atoms with van der Waals surface area (Å²) in [7, 11) is 0. The van der Waals surface area contributed by atoms with E-state index in [9.17, 15) is 4.79 Å². The molecule has 1 aromatic rings. The third-order valence-electron chi connectivity index (χ3n) is 3.78. The van der Waals surface area contributed by atoms with Crippen LogP contribution in [0, 0.1) is 11.8 Å². The number of ether oxygens (including phenoxy) is 1. The monoisotopic (exact) mass is 302 g/mol. The Hall–Kier alpha value is -1.81. The van der Waals surface area contributed by atoms with Gasteiger partial charge < -0.3 is 15.4 Å². The Morgan fingerprint density at radius 2 is 2.00 bits per heavy atom. The van der Waals surface area contributed by atoms with Gasteiger partial charge in [-0.05, 0) is 38.8 Å². The van der Waals surface area contributed by atoms with Gasteiger partial charge >= 0.3 is 6.09 Å². The predicted octanol–water partition coefficient (Wildman–Crippen LogP) is 3.14. The minimum Gasteiger partial charge on any atom is -0.444 e. The molecule has 0 saturated carbocycles. The molecule has 0 aromatic heterocycles. The van der Waals surface area contributed by atoms with Crippen molar-refractivity contribution in [2.45, 2.75) is 26.4 Å². The molecule has 1 aliphatic rings. The van der Waals surface area contributed by atoms with Gasteiger partial charge in [-0.25, -0.2) is 4.79 Å². The van der Waals surface area contributed by atoms with Crippen LogP contribution in [0.4, 0.5) is 4.79 Å². The first kappa shape index (κ1) is 16.6. The Morgan fingerprint density at radius 1 is 1.32 bits per heavy atom. The molecule has 1 heterocycles. The zero-order valence-electron chi connectivity index (χ0n) is 13.7. The summed E-state index contributed by atoms with van der Waals surface area (Å²) < 4.78 is 5.45.